The van der Waals surface area contributed by atoms with Crippen LogP contribution in [0.2, 0.25) is 0 Å². The molecular weight excluding hydrogens is 397 g/mol. The molecule has 0 bridgehead atoms. The average molecular weight is 417 g/mol. The number of aromatic nitrogens is 3. The molecule has 0 saturated carbocycles. The molecule has 2 heterocycles. The van der Waals surface area contributed by atoms with Crippen LogP contribution in [0.3, 0.4) is 0 Å². The van der Waals surface area contributed by atoms with Gasteiger partial charge in [0, 0.05) is 11.4 Å². The molecule has 3 rings (SSSR count). The summed E-state index contributed by atoms with van der Waals surface area (Å²) in [6.07, 6.45) is 3.51. The monoisotopic (exact) mass is 417 g/mol. The summed E-state index contributed by atoms with van der Waals surface area (Å²) in [5.74, 6) is 0.0571. The van der Waals surface area contributed by atoms with Crippen LogP contribution in [0.1, 0.15) is 25.2 Å². The van der Waals surface area contributed by atoms with Gasteiger partial charge in [-0.25, -0.2) is 19.0 Å². The van der Waals surface area contributed by atoms with Crippen LogP contribution in [0.4, 0.5) is 9.18 Å². The molecule has 0 saturated heterocycles. The second-order valence-electron chi connectivity index (χ2n) is 6.11. The zero-order chi connectivity index (χ0) is 20.8. The second kappa shape index (κ2) is 9.37. The summed E-state index contributed by atoms with van der Waals surface area (Å²) in [6, 6.07) is 5.23. The predicted molar refractivity (Wildman–Crippen MR) is 107 cm³/mol. The van der Waals surface area contributed by atoms with Gasteiger partial charge in [-0.1, -0.05) is 30.0 Å². The lowest BCUT2D eigenvalue weighted by Crippen LogP contribution is -2.49. The first-order chi connectivity index (χ1) is 14.0. The molecular formula is C19H20FN5O3S. The Hall–Kier alpha value is -3.14. The van der Waals surface area contributed by atoms with Crippen LogP contribution in [0.5, 0.6) is 0 Å². The first-order valence-electron chi connectivity index (χ1n) is 8.92. The predicted octanol–water partition coefficient (Wildman–Crippen LogP) is 2.72. The smallest absolute Gasteiger partial charge is 0.337 e. The van der Waals surface area contributed by atoms with Gasteiger partial charge in [-0.2, -0.15) is 0 Å². The summed E-state index contributed by atoms with van der Waals surface area (Å²) >= 11 is 1.27. The number of urea groups is 1. The molecule has 29 heavy (non-hydrogen) atoms. The molecule has 1 aliphatic heterocycles. The fraction of sp³-hybridized carbons (Fsp3) is 0.263. The number of rotatable bonds is 7. The van der Waals surface area contributed by atoms with Crippen molar-refractivity contribution >= 4 is 35.9 Å². The molecule has 1 unspecified atom stereocenters. The number of thioether (sulfide) groups is 1. The first kappa shape index (κ1) is 20.6. The van der Waals surface area contributed by atoms with Crippen molar-refractivity contribution in [2.24, 2.45) is 0 Å². The minimum Gasteiger partial charge on any atom is -0.463 e. The van der Waals surface area contributed by atoms with E-state index in [1.165, 1.54) is 23.9 Å². The van der Waals surface area contributed by atoms with Crippen molar-refractivity contribution in [3.63, 3.8) is 0 Å². The number of benzene rings is 1. The van der Waals surface area contributed by atoms with E-state index in [0.717, 1.165) is 5.56 Å². The zero-order valence-electron chi connectivity index (χ0n) is 15.9. The highest BCUT2D eigenvalue weighted by molar-refractivity contribution is 7.99. The molecule has 1 aromatic heterocycles. The maximum Gasteiger partial charge on any atom is 0.337 e. The summed E-state index contributed by atoms with van der Waals surface area (Å²) in [6.45, 7) is 3.69. The maximum absolute atomic E-state index is 12.9. The summed E-state index contributed by atoms with van der Waals surface area (Å²) in [5, 5.41) is 12.7. The topological polar surface area (TPSA) is 109 Å². The zero-order valence-corrected chi connectivity index (χ0v) is 16.7. The number of carbonyl (C=O) groups is 2. The van der Waals surface area contributed by atoms with E-state index in [-0.39, 0.29) is 18.5 Å². The van der Waals surface area contributed by atoms with Crippen LogP contribution in [0, 0.1) is 5.82 Å². The molecule has 2 aromatic rings. The fourth-order valence-corrected chi connectivity index (χ4v) is 3.45. The summed E-state index contributed by atoms with van der Waals surface area (Å²) < 4.78 is 18.0. The van der Waals surface area contributed by atoms with Crippen LogP contribution >= 0.6 is 11.8 Å². The van der Waals surface area contributed by atoms with E-state index in [2.05, 4.69) is 25.8 Å². The number of halogens is 1. The average Bonchev–Trinajstić information content (AvgIpc) is 3.13. The number of hydrogen-bond acceptors (Lipinski definition) is 6. The van der Waals surface area contributed by atoms with Gasteiger partial charge in [-0.05, 0) is 37.6 Å². The number of esters is 1. The minimum atomic E-state index is -0.471. The molecule has 0 spiro atoms. The van der Waals surface area contributed by atoms with Crippen LogP contribution in [-0.2, 0) is 9.53 Å². The van der Waals surface area contributed by atoms with Crippen molar-refractivity contribution < 1.29 is 18.7 Å². The summed E-state index contributed by atoms with van der Waals surface area (Å²) in [4.78, 5) is 28.3. The van der Waals surface area contributed by atoms with Crippen molar-refractivity contribution in [3.05, 3.63) is 52.7 Å². The minimum absolute atomic E-state index is 0.244. The molecule has 0 aliphatic carbocycles. The molecule has 0 fully saturated rings. The number of nitrogens with zero attached hydrogens (tertiary/aromatic N) is 2. The third-order valence-corrected chi connectivity index (χ3v) is 4.87. The third kappa shape index (κ3) is 5.44. The standard InChI is InChI=1S/C19H20FN5O3S/c1-3-28-17(26)16-11(2)21-18(27)22-14(16)10-29-19-23-15(24-25-19)9-6-12-4-7-13(20)8-5-12/h4-9,11H,3,10H2,1-2H3,(H2,21,22,27)(H,23,24,25)/b9-6+. The summed E-state index contributed by atoms with van der Waals surface area (Å²) in [7, 11) is 0. The SMILES string of the molecule is CCOC(=O)C1=C(CSc2n[nH]c(/C=C/c3ccc(F)cc3)n2)NC(=O)NC1C. The first-order valence-corrected chi connectivity index (χ1v) is 9.91. The summed E-state index contributed by atoms with van der Waals surface area (Å²) in [5.41, 5.74) is 1.68. The Bertz CT molecular complexity index is 955. The molecule has 152 valence electrons. The van der Waals surface area contributed by atoms with Crippen molar-refractivity contribution in [2.75, 3.05) is 12.4 Å². The van der Waals surface area contributed by atoms with E-state index in [4.69, 9.17) is 4.74 Å². The van der Waals surface area contributed by atoms with E-state index >= 15 is 0 Å². The molecule has 8 nitrogen and oxygen atoms in total. The largest absolute Gasteiger partial charge is 0.463 e. The Kier molecular flexibility index (Phi) is 6.65. The Morgan fingerprint density at radius 2 is 2.07 bits per heavy atom. The Labute approximate surface area is 171 Å². The number of ether oxygens (including phenoxy) is 1. The number of amides is 2. The second-order valence-corrected chi connectivity index (χ2v) is 7.05. The van der Waals surface area contributed by atoms with Crippen molar-refractivity contribution in [2.45, 2.75) is 25.0 Å². The number of H-pyrrole nitrogens is 1. The van der Waals surface area contributed by atoms with Gasteiger partial charge in [0.15, 0.2) is 0 Å². The third-order valence-electron chi connectivity index (χ3n) is 4.00. The van der Waals surface area contributed by atoms with Crippen LogP contribution in [0.15, 0.2) is 40.7 Å². The maximum atomic E-state index is 12.9. The van der Waals surface area contributed by atoms with Gasteiger partial charge < -0.3 is 15.4 Å². The van der Waals surface area contributed by atoms with E-state index in [1.54, 1.807) is 38.1 Å². The molecule has 1 aromatic carbocycles. The Balaban J connectivity index is 1.68. The lowest BCUT2D eigenvalue weighted by molar-refractivity contribution is -0.138. The lowest BCUT2D eigenvalue weighted by atomic mass is 10.1. The van der Waals surface area contributed by atoms with Crippen LogP contribution in [0.25, 0.3) is 12.2 Å². The quantitative estimate of drug-likeness (QED) is 0.472. The van der Waals surface area contributed by atoms with E-state index < -0.39 is 12.0 Å². The van der Waals surface area contributed by atoms with Gasteiger partial charge in [0.25, 0.3) is 0 Å². The highest BCUT2D eigenvalue weighted by Gasteiger charge is 2.29. The van der Waals surface area contributed by atoms with Crippen LogP contribution in [-0.4, -0.2) is 45.6 Å². The molecule has 3 N–H and O–H groups in total. The van der Waals surface area contributed by atoms with Gasteiger partial charge in [0.2, 0.25) is 5.16 Å². The van der Waals surface area contributed by atoms with Gasteiger partial charge in [0.1, 0.15) is 11.6 Å². The highest BCUT2D eigenvalue weighted by Crippen LogP contribution is 2.22. The van der Waals surface area contributed by atoms with E-state index in [0.29, 0.717) is 28.0 Å². The normalized spacial score (nSPS) is 16.7. The van der Waals surface area contributed by atoms with Crippen molar-refractivity contribution in [1.82, 2.24) is 25.8 Å². The fourth-order valence-electron chi connectivity index (χ4n) is 2.68. The molecule has 1 aliphatic rings. The highest BCUT2D eigenvalue weighted by atomic mass is 32.2. The molecule has 10 heteroatoms. The number of hydrogen-bond donors (Lipinski definition) is 3. The van der Waals surface area contributed by atoms with Gasteiger partial charge in [-0.15, -0.1) is 5.10 Å². The molecule has 2 amide bonds. The van der Waals surface area contributed by atoms with Gasteiger partial charge in [0.05, 0.1) is 18.2 Å². The van der Waals surface area contributed by atoms with Gasteiger partial charge in [-0.3, -0.25) is 5.10 Å². The van der Waals surface area contributed by atoms with E-state index in [1.807, 2.05) is 0 Å². The molecule has 1 atom stereocenters. The van der Waals surface area contributed by atoms with Crippen molar-refractivity contribution in [3.8, 4) is 0 Å². The molecule has 0 radical (unpaired) electrons. The lowest BCUT2D eigenvalue weighted by Gasteiger charge is -2.26. The van der Waals surface area contributed by atoms with E-state index in [9.17, 15) is 14.0 Å². The van der Waals surface area contributed by atoms with Crippen LogP contribution < -0.4 is 10.6 Å². The Morgan fingerprint density at radius 1 is 1.31 bits per heavy atom. The number of nitrogens with one attached hydrogen (secondary N) is 3. The number of carbonyl (C=O) groups excluding carboxylic acids is 2. The van der Waals surface area contributed by atoms with Crippen molar-refractivity contribution in [1.29, 1.82) is 0 Å². The Morgan fingerprint density at radius 3 is 2.79 bits per heavy atom. The van der Waals surface area contributed by atoms with Gasteiger partial charge >= 0.3 is 12.0 Å². The number of aromatic amines is 1.